The molecule has 0 fully saturated rings. The van der Waals surface area contributed by atoms with E-state index in [1.165, 1.54) is 27.5 Å². The summed E-state index contributed by atoms with van der Waals surface area (Å²) in [5, 5.41) is 2.49. The van der Waals surface area contributed by atoms with E-state index in [2.05, 4.69) is 87.2 Å². The van der Waals surface area contributed by atoms with Crippen LogP contribution in [0.3, 0.4) is 0 Å². The van der Waals surface area contributed by atoms with Gasteiger partial charge in [0.25, 0.3) is 0 Å². The largest absolute Gasteiger partial charge is 0.399 e. The fraction of sp³-hybridized carbons (Fsp3) is 0. The molecule has 5 aromatic rings. The maximum absolute atomic E-state index is 6.02. The van der Waals surface area contributed by atoms with Gasteiger partial charge in [-0.25, -0.2) is 0 Å². The first-order valence-electron chi connectivity index (χ1n) is 8.86. The summed E-state index contributed by atoms with van der Waals surface area (Å²) in [6.45, 7) is 0. The van der Waals surface area contributed by atoms with E-state index in [0.29, 0.717) is 0 Å². The van der Waals surface area contributed by atoms with Gasteiger partial charge in [0.15, 0.2) is 0 Å². The molecular weight excluding hydrogens is 396 g/mol. The van der Waals surface area contributed by atoms with Crippen molar-refractivity contribution in [3.63, 3.8) is 0 Å². The van der Waals surface area contributed by atoms with Gasteiger partial charge in [-0.2, -0.15) is 0 Å². The van der Waals surface area contributed by atoms with Gasteiger partial charge in [0.05, 0.1) is 11.0 Å². The third-order valence-electron chi connectivity index (χ3n) is 4.99. The molecule has 0 unspecified atom stereocenters. The van der Waals surface area contributed by atoms with Crippen molar-refractivity contribution in [1.29, 1.82) is 0 Å². The molecule has 2 nitrogen and oxygen atoms in total. The van der Waals surface area contributed by atoms with Crippen LogP contribution in [0.2, 0.25) is 0 Å². The zero-order chi connectivity index (χ0) is 18.4. The first-order chi connectivity index (χ1) is 13.2. The molecule has 1 heterocycles. The summed E-state index contributed by atoms with van der Waals surface area (Å²) < 4.78 is 3.37. The van der Waals surface area contributed by atoms with Gasteiger partial charge in [-0.1, -0.05) is 58.4 Å². The summed E-state index contributed by atoms with van der Waals surface area (Å²) in [5.74, 6) is 0. The second-order valence-electron chi connectivity index (χ2n) is 6.66. The molecule has 0 aliphatic rings. The summed E-state index contributed by atoms with van der Waals surface area (Å²) in [6.07, 6.45) is 0. The molecule has 0 spiro atoms. The lowest BCUT2D eigenvalue weighted by Crippen LogP contribution is -1.93. The van der Waals surface area contributed by atoms with Crippen LogP contribution in [0.1, 0.15) is 0 Å². The molecule has 3 heteroatoms. The summed E-state index contributed by atoms with van der Waals surface area (Å²) in [7, 11) is 0. The lowest BCUT2D eigenvalue weighted by Gasteiger charge is -2.09. The van der Waals surface area contributed by atoms with Crippen LogP contribution in [-0.4, -0.2) is 4.57 Å². The van der Waals surface area contributed by atoms with Crippen LogP contribution in [-0.2, 0) is 0 Å². The Labute approximate surface area is 166 Å². The highest BCUT2D eigenvalue weighted by atomic mass is 79.9. The number of fused-ring (bicyclic) bond motifs is 3. The number of nitrogen functional groups attached to an aromatic ring is 1. The van der Waals surface area contributed by atoms with Crippen LogP contribution in [0.5, 0.6) is 0 Å². The zero-order valence-corrected chi connectivity index (χ0v) is 16.1. The van der Waals surface area contributed by atoms with Crippen LogP contribution >= 0.6 is 15.9 Å². The molecule has 4 aromatic carbocycles. The van der Waals surface area contributed by atoms with Gasteiger partial charge >= 0.3 is 0 Å². The number of benzene rings is 4. The van der Waals surface area contributed by atoms with Crippen molar-refractivity contribution in [3.8, 4) is 16.8 Å². The highest BCUT2D eigenvalue weighted by Gasteiger charge is 2.13. The van der Waals surface area contributed by atoms with E-state index in [1.54, 1.807) is 0 Å². The topological polar surface area (TPSA) is 30.9 Å². The number of rotatable bonds is 2. The standard InChI is InChI=1S/C24H17BrN2/c25-22-12-11-17(26)15-20(22)16-10-13-24-21(14-16)19-8-4-5-9-23(19)27(24)18-6-2-1-3-7-18/h1-15H,26H2. The Morgan fingerprint density at radius 2 is 1.41 bits per heavy atom. The van der Waals surface area contributed by atoms with Gasteiger partial charge in [-0.3, -0.25) is 0 Å². The van der Waals surface area contributed by atoms with Crippen molar-refractivity contribution < 1.29 is 0 Å². The molecule has 0 aliphatic heterocycles. The lowest BCUT2D eigenvalue weighted by molar-refractivity contribution is 1.18. The molecule has 5 rings (SSSR count). The Morgan fingerprint density at radius 3 is 2.26 bits per heavy atom. The molecule has 0 bridgehead atoms. The number of nitrogens with two attached hydrogens (primary N) is 1. The summed E-state index contributed by atoms with van der Waals surface area (Å²) >= 11 is 3.66. The van der Waals surface area contributed by atoms with E-state index in [-0.39, 0.29) is 0 Å². The number of nitrogens with zero attached hydrogens (tertiary/aromatic N) is 1. The minimum atomic E-state index is 0.764. The number of aromatic nitrogens is 1. The fourth-order valence-corrected chi connectivity index (χ4v) is 4.24. The Balaban J connectivity index is 1.84. The Morgan fingerprint density at radius 1 is 0.667 bits per heavy atom. The van der Waals surface area contributed by atoms with Crippen molar-refractivity contribution in [2.75, 3.05) is 5.73 Å². The molecule has 0 amide bonds. The first kappa shape index (κ1) is 16.2. The van der Waals surface area contributed by atoms with Crippen molar-refractivity contribution in [1.82, 2.24) is 4.57 Å². The van der Waals surface area contributed by atoms with Crippen molar-refractivity contribution in [2.45, 2.75) is 0 Å². The smallest absolute Gasteiger partial charge is 0.0541 e. The van der Waals surface area contributed by atoms with Crippen molar-refractivity contribution >= 4 is 43.4 Å². The van der Waals surface area contributed by atoms with E-state index in [1.807, 2.05) is 24.3 Å². The van der Waals surface area contributed by atoms with Gasteiger partial charge in [0.1, 0.15) is 0 Å². The molecule has 27 heavy (non-hydrogen) atoms. The molecule has 0 aliphatic carbocycles. The van der Waals surface area contributed by atoms with Crippen LogP contribution in [0, 0.1) is 0 Å². The van der Waals surface area contributed by atoms with Gasteiger partial charge in [-0.15, -0.1) is 0 Å². The fourth-order valence-electron chi connectivity index (χ4n) is 3.76. The zero-order valence-electron chi connectivity index (χ0n) is 14.6. The minimum Gasteiger partial charge on any atom is -0.399 e. The summed E-state index contributed by atoms with van der Waals surface area (Å²) in [6, 6.07) is 31.6. The maximum atomic E-state index is 6.02. The SMILES string of the molecule is Nc1ccc(Br)c(-c2ccc3c(c2)c2ccccc2n3-c2ccccc2)c1. The lowest BCUT2D eigenvalue weighted by atomic mass is 10.0. The Kier molecular flexibility index (Phi) is 3.76. The maximum Gasteiger partial charge on any atom is 0.0541 e. The summed E-state index contributed by atoms with van der Waals surface area (Å²) in [5.41, 5.74) is 12.6. The second kappa shape index (κ2) is 6.29. The van der Waals surface area contributed by atoms with Gasteiger partial charge in [-0.05, 0) is 59.7 Å². The number of hydrogen-bond donors (Lipinski definition) is 1. The van der Waals surface area contributed by atoms with Crippen molar-refractivity contribution in [3.05, 3.63) is 95.5 Å². The number of hydrogen-bond acceptors (Lipinski definition) is 1. The first-order valence-corrected chi connectivity index (χ1v) is 9.66. The monoisotopic (exact) mass is 412 g/mol. The Bertz CT molecular complexity index is 1290. The number of anilines is 1. The van der Waals surface area contributed by atoms with Crippen LogP contribution < -0.4 is 5.73 Å². The average Bonchev–Trinajstić information content (AvgIpc) is 3.04. The summed E-state index contributed by atoms with van der Waals surface area (Å²) in [4.78, 5) is 0. The highest BCUT2D eigenvalue weighted by molar-refractivity contribution is 9.10. The van der Waals surface area contributed by atoms with Crippen LogP contribution in [0.4, 0.5) is 5.69 Å². The predicted octanol–water partition coefficient (Wildman–Crippen LogP) is 6.80. The molecule has 130 valence electrons. The van der Waals surface area contributed by atoms with E-state index in [9.17, 15) is 0 Å². The molecule has 0 saturated heterocycles. The van der Waals surface area contributed by atoms with E-state index >= 15 is 0 Å². The van der Waals surface area contributed by atoms with Crippen LogP contribution in [0.25, 0.3) is 38.6 Å². The molecule has 0 atom stereocenters. The number of para-hydroxylation sites is 2. The molecule has 2 N–H and O–H groups in total. The minimum absolute atomic E-state index is 0.764. The molecule has 0 radical (unpaired) electrons. The second-order valence-corrected chi connectivity index (χ2v) is 7.51. The van der Waals surface area contributed by atoms with E-state index in [4.69, 9.17) is 5.73 Å². The van der Waals surface area contributed by atoms with Crippen molar-refractivity contribution in [2.24, 2.45) is 0 Å². The molecular formula is C24H17BrN2. The van der Waals surface area contributed by atoms with E-state index in [0.717, 1.165) is 21.3 Å². The normalized spacial score (nSPS) is 11.3. The highest BCUT2D eigenvalue weighted by Crippen LogP contribution is 2.37. The Hall–Kier alpha value is -3.04. The van der Waals surface area contributed by atoms with Crippen LogP contribution in [0.15, 0.2) is 95.5 Å². The predicted molar refractivity (Wildman–Crippen MR) is 118 cm³/mol. The average molecular weight is 413 g/mol. The van der Waals surface area contributed by atoms with E-state index < -0.39 is 0 Å². The molecule has 0 saturated carbocycles. The number of halogens is 1. The quantitative estimate of drug-likeness (QED) is 0.317. The van der Waals surface area contributed by atoms with Gasteiger partial charge in [0.2, 0.25) is 0 Å². The third-order valence-corrected chi connectivity index (χ3v) is 5.68. The van der Waals surface area contributed by atoms with Gasteiger partial charge < -0.3 is 10.3 Å². The van der Waals surface area contributed by atoms with Gasteiger partial charge in [0, 0.05) is 26.6 Å². The third kappa shape index (κ3) is 2.63. The molecule has 1 aromatic heterocycles.